The lowest BCUT2D eigenvalue weighted by Crippen LogP contribution is -2.44. The van der Waals surface area contributed by atoms with E-state index in [1.165, 1.54) is 12.1 Å². The normalized spacial score (nSPS) is 19.7. The summed E-state index contributed by atoms with van der Waals surface area (Å²) in [5.74, 6) is -1.40. The number of carbonyl (C=O) groups is 3. The highest BCUT2D eigenvalue weighted by Gasteiger charge is 2.43. The standard InChI is InChI=1S/C18H20ClN3O4/c1-2-26-18(25)15-9-14(21-22(15)17(24)10-4-3-5-10)16(23)12-8-11(19)6-7-13(12)20/h6-8,10,15H,2-5,9,20H2,1H3. The lowest BCUT2D eigenvalue weighted by Gasteiger charge is -2.29. The number of amides is 1. The number of Topliss-reactive ketones (excluding diaryl/α,β-unsaturated/α-hetero) is 1. The van der Waals surface area contributed by atoms with Gasteiger partial charge >= 0.3 is 5.97 Å². The molecule has 2 N–H and O–H groups in total. The first-order valence-electron chi connectivity index (χ1n) is 8.59. The maximum atomic E-state index is 12.8. The fraction of sp³-hybridized carbons (Fsp3) is 0.444. The van der Waals surface area contributed by atoms with Crippen LogP contribution in [0.15, 0.2) is 23.3 Å². The van der Waals surface area contributed by atoms with Crippen LogP contribution < -0.4 is 5.73 Å². The summed E-state index contributed by atoms with van der Waals surface area (Å²) in [5, 5.41) is 5.66. The van der Waals surface area contributed by atoms with E-state index >= 15 is 0 Å². The Morgan fingerprint density at radius 3 is 2.69 bits per heavy atom. The highest BCUT2D eigenvalue weighted by Crippen LogP contribution is 2.32. The highest BCUT2D eigenvalue weighted by atomic mass is 35.5. The van der Waals surface area contributed by atoms with Crippen molar-refractivity contribution in [3.8, 4) is 0 Å². The number of esters is 1. The molecular weight excluding hydrogens is 358 g/mol. The zero-order chi connectivity index (χ0) is 18.8. The Bertz CT molecular complexity index is 789. The van der Waals surface area contributed by atoms with Crippen molar-refractivity contribution in [2.75, 3.05) is 12.3 Å². The summed E-state index contributed by atoms with van der Waals surface area (Å²) in [7, 11) is 0. The third-order valence-corrected chi connectivity index (χ3v) is 4.91. The molecule has 1 saturated carbocycles. The van der Waals surface area contributed by atoms with E-state index in [0.29, 0.717) is 5.02 Å². The molecule has 1 amide bonds. The molecule has 1 aromatic carbocycles. The van der Waals surface area contributed by atoms with Crippen molar-refractivity contribution in [2.24, 2.45) is 11.0 Å². The van der Waals surface area contributed by atoms with Gasteiger partial charge in [0.2, 0.25) is 11.7 Å². The van der Waals surface area contributed by atoms with Crippen molar-refractivity contribution in [1.29, 1.82) is 0 Å². The van der Waals surface area contributed by atoms with Crippen LogP contribution >= 0.6 is 11.6 Å². The average Bonchev–Trinajstić information content (AvgIpc) is 3.00. The van der Waals surface area contributed by atoms with Crippen molar-refractivity contribution in [2.45, 2.75) is 38.6 Å². The van der Waals surface area contributed by atoms with E-state index in [2.05, 4.69) is 5.10 Å². The molecule has 138 valence electrons. The molecule has 0 bridgehead atoms. The van der Waals surface area contributed by atoms with E-state index in [-0.39, 0.29) is 41.8 Å². The van der Waals surface area contributed by atoms with Crippen molar-refractivity contribution in [3.63, 3.8) is 0 Å². The summed E-state index contributed by atoms with van der Waals surface area (Å²) in [4.78, 5) is 37.7. The van der Waals surface area contributed by atoms with Crippen LogP contribution in [0, 0.1) is 5.92 Å². The Morgan fingerprint density at radius 1 is 1.35 bits per heavy atom. The number of hydrogen-bond donors (Lipinski definition) is 1. The van der Waals surface area contributed by atoms with Gasteiger partial charge in [-0.2, -0.15) is 5.10 Å². The van der Waals surface area contributed by atoms with Crippen LogP contribution in [0.25, 0.3) is 0 Å². The van der Waals surface area contributed by atoms with Gasteiger partial charge in [-0.25, -0.2) is 9.80 Å². The van der Waals surface area contributed by atoms with Gasteiger partial charge in [0.1, 0.15) is 5.71 Å². The van der Waals surface area contributed by atoms with Crippen molar-refractivity contribution in [3.05, 3.63) is 28.8 Å². The number of anilines is 1. The highest BCUT2D eigenvalue weighted by molar-refractivity contribution is 6.48. The van der Waals surface area contributed by atoms with Gasteiger partial charge < -0.3 is 10.5 Å². The molecule has 8 heteroatoms. The van der Waals surface area contributed by atoms with Gasteiger partial charge in [-0.1, -0.05) is 18.0 Å². The Balaban J connectivity index is 1.89. The lowest BCUT2D eigenvalue weighted by molar-refractivity contribution is -0.156. The van der Waals surface area contributed by atoms with E-state index in [9.17, 15) is 14.4 Å². The number of nitrogens with zero attached hydrogens (tertiary/aromatic N) is 2. The summed E-state index contributed by atoms with van der Waals surface area (Å²) in [5.41, 5.74) is 6.44. The van der Waals surface area contributed by atoms with E-state index in [1.807, 2.05) is 0 Å². The summed E-state index contributed by atoms with van der Waals surface area (Å²) < 4.78 is 5.05. The van der Waals surface area contributed by atoms with E-state index in [4.69, 9.17) is 22.1 Å². The van der Waals surface area contributed by atoms with Crippen molar-refractivity contribution >= 4 is 40.7 Å². The van der Waals surface area contributed by atoms with Gasteiger partial charge in [0.15, 0.2) is 6.04 Å². The fourth-order valence-electron chi connectivity index (χ4n) is 3.00. The number of rotatable bonds is 5. The Hall–Kier alpha value is -2.41. The molecule has 2 aliphatic rings. The van der Waals surface area contributed by atoms with Gasteiger partial charge in [-0.3, -0.25) is 9.59 Å². The number of hydrogen-bond acceptors (Lipinski definition) is 6. The Kier molecular flexibility index (Phi) is 5.27. The maximum Gasteiger partial charge on any atom is 0.331 e. The molecule has 0 aromatic heterocycles. The molecule has 1 aliphatic carbocycles. The first kappa shape index (κ1) is 18.4. The quantitative estimate of drug-likeness (QED) is 0.482. The molecule has 7 nitrogen and oxygen atoms in total. The summed E-state index contributed by atoms with van der Waals surface area (Å²) in [6, 6.07) is 3.66. The van der Waals surface area contributed by atoms with Crippen LogP contribution in [0.5, 0.6) is 0 Å². The number of hydrazone groups is 1. The van der Waals surface area contributed by atoms with E-state index < -0.39 is 17.8 Å². The third-order valence-electron chi connectivity index (χ3n) is 4.67. The van der Waals surface area contributed by atoms with Gasteiger partial charge in [0, 0.05) is 28.6 Å². The van der Waals surface area contributed by atoms with Crippen LogP contribution in [0.4, 0.5) is 5.69 Å². The lowest BCUT2D eigenvalue weighted by atomic mass is 9.84. The molecule has 3 rings (SSSR count). The van der Waals surface area contributed by atoms with Crippen LogP contribution in [0.2, 0.25) is 5.02 Å². The first-order chi connectivity index (χ1) is 12.4. The van der Waals surface area contributed by atoms with Crippen molar-refractivity contribution in [1.82, 2.24) is 5.01 Å². The Morgan fingerprint density at radius 2 is 2.08 bits per heavy atom. The minimum Gasteiger partial charge on any atom is -0.464 e. The van der Waals surface area contributed by atoms with Crippen LogP contribution in [0.1, 0.15) is 43.0 Å². The third kappa shape index (κ3) is 3.44. The maximum absolute atomic E-state index is 12.8. The number of nitrogen functional groups attached to an aromatic ring is 1. The topological polar surface area (TPSA) is 102 Å². The Labute approximate surface area is 156 Å². The second-order valence-corrected chi connectivity index (χ2v) is 6.83. The number of ketones is 1. The smallest absolute Gasteiger partial charge is 0.331 e. The number of carbonyl (C=O) groups excluding carboxylic acids is 3. The zero-order valence-corrected chi connectivity index (χ0v) is 15.2. The molecule has 0 saturated heterocycles. The fourth-order valence-corrected chi connectivity index (χ4v) is 3.17. The molecule has 0 spiro atoms. The number of nitrogens with two attached hydrogens (primary N) is 1. The summed E-state index contributed by atoms with van der Waals surface area (Å²) >= 11 is 5.95. The first-order valence-corrected chi connectivity index (χ1v) is 8.97. The molecule has 26 heavy (non-hydrogen) atoms. The van der Waals surface area contributed by atoms with Crippen LogP contribution in [-0.4, -0.2) is 41.0 Å². The van der Waals surface area contributed by atoms with Crippen molar-refractivity contribution < 1.29 is 19.1 Å². The monoisotopic (exact) mass is 377 g/mol. The van der Waals surface area contributed by atoms with Gasteiger partial charge in [-0.15, -0.1) is 0 Å². The second-order valence-electron chi connectivity index (χ2n) is 6.39. The molecule has 1 heterocycles. The predicted molar refractivity (Wildman–Crippen MR) is 96.9 cm³/mol. The number of benzene rings is 1. The van der Waals surface area contributed by atoms with Crippen LogP contribution in [0.3, 0.4) is 0 Å². The molecule has 1 aromatic rings. The predicted octanol–water partition coefficient (Wildman–Crippen LogP) is 2.43. The molecular formula is C18H20ClN3O4. The minimum atomic E-state index is -0.914. The SMILES string of the molecule is CCOC(=O)C1CC(C(=O)c2cc(Cl)ccc2N)=NN1C(=O)C1CCC1. The largest absolute Gasteiger partial charge is 0.464 e. The molecule has 1 fully saturated rings. The summed E-state index contributed by atoms with van der Waals surface area (Å²) in [6.07, 6.45) is 2.51. The van der Waals surface area contributed by atoms with Gasteiger partial charge in [-0.05, 0) is 38.0 Å². The molecule has 1 unspecified atom stereocenters. The van der Waals surface area contributed by atoms with E-state index in [1.54, 1.807) is 13.0 Å². The van der Waals surface area contributed by atoms with Gasteiger partial charge in [0.05, 0.1) is 6.61 Å². The summed E-state index contributed by atoms with van der Waals surface area (Å²) in [6.45, 7) is 1.87. The number of ether oxygens (including phenoxy) is 1. The molecule has 1 aliphatic heterocycles. The average molecular weight is 378 g/mol. The zero-order valence-electron chi connectivity index (χ0n) is 14.4. The number of halogens is 1. The minimum absolute atomic E-state index is 0.00206. The molecule has 1 atom stereocenters. The van der Waals surface area contributed by atoms with Crippen LogP contribution in [-0.2, 0) is 14.3 Å². The van der Waals surface area contributed by atoms with E-state index in [0.717, 1.165) is 24.3 Å². The molecule has 0 radical (unpaired) electrons. The second kappa shape index (κ2) is 7.45. The van der Waals surface area contributed by atoms with Gasteiger partial charge in [0.25, 0.3) is 0 Å².